The first-order chi connectivity index (χ1) is 3.41. The first kappa shape index (κ1) is 15.9. The molecule has 0 atom stereocenters. The van der Waals surface area contributed by atoms with Crippen molar-refractivity contribution in [3.8, 4) is 0 Å². The number of halogens is 2. The molecule has 0 bridgehead atoms. The van der Waals surface area contributed by atoms with Gasteiger partial charge >= 0.3 is 0 Å². The number of hydrogen-bond acceptors (Lipinski definition) is 1. The van der Waals surface area contributed by atoms with E-state index < -0.39 is 0 Å². The smallest absolute Gasteiger partial charge is 0.124 e. The highest BCUT2D eigenvalue weighted by Gasteiger charge is 1.58. The van der Waals surface area contributed by atoms with Crippen molar-refractivity contribution in [2.24, 2.45) is 0 Å². The van der Waals surface area contributed by atoms with Crippen molar-refractivity contribution < 1.29 is 4.79 Å². The van der Waals surface area contributed by atoms with Crippen LogP contribution in [-0.4, -0.2) is 5.94 Å². The van der Waals surface area contributed by atoms with Crippen molar-refractivity contribution in [1.82, 2.24) is 0 Å². The highest BCUT2D eigenvalue weighted by atomic mass is 35.5. The number of rotatable bonds is 2. The molecule has 0 N–H and O–H groups in total. The van der Waals surface area contributed by atoms with Crippen molar-refractivity contribution in [2.45, 2.75) is 13.3 Å². The predicted molar refractivity (Wildman–Crippen MR) is 44.2 cm³/mol. The minimum Gasteiger partial charge on any atom is -0.234 e. The summed E-state index contributed by atoms with van der Waals surface area (Å²) in [7, 11) is 0. The average molecular weight is 169 g/mol. The Hall–Kier alpha value is -0.230. The van der Waals surface area contributed by atoms with Gasteiger partial charge in [0.15, 0.2) is 0 Å². The van der Waals surface area contributed by atoms with Crippen LogP contribution in [0.3, 0.4) is 0 Å². The van der Waals surface area contributed by atoms with E-state index in [2.05, 4.69) is 0 Å². The first-order valence-electron chi connectivity index (χ1n) is 2.27. The molecule has 9 heavy (non-hydrogen) atoms. The molecule has 0 aromatic rings. The van der Waals surface area contributed by atoms with Crippen LogP contribution in [0.15, 0.2) is 18.2 Å². The third-order valence-electron chi connectivity index (χ3n) is 0.536. The molecular weight excluding hydrogens is 159 g/mol. The Bertz CT molecular complexity index is 104. The number of hydrogen-bond donors (Lipinski definition) is 0. The number of carbonyl (C=O) groups excluding carboxylic acids is 1. The second-order valence-electron chi connectivity index (χ2n) is 1.12. The van der Waals surface area contributed by atoms with Crippen LogP contribution in [0.5, 0.6) is 0 Å². The Balaban J connectivity index is -0.000000180. The molecule has 0 unspecified atom stereocenters. The summed E-state index contributed by atoms with van der Waals surface area (Å²) in [6.45, 7) is 2.01. The van der Waals surface area contributed by atoms with Crippen LogP contribution in [0.25, 0.3) is 0 Å². The summed E-state index contributed by atoms with van der Waals surface area (Å²) < 4.78 is 0. The van der Waals surface area contributed by atoms with Crippen LogP contribution in [-0.2, 0) is 4.79 Å². The van der Waals surface area contributed by atoms with Crippen molar-refractivity contribution in [1.29, 1.82) is 0 Å². The monoisotopic (exact) mass is 168 g/mol. The molecule has 0 aromatic heterocycles. The molecule has 0 saturated heterocycles. The molecule has 54 valence electrons. The predicted octanol–water partition coefficient (Wildman–Crippen LogP) is 2.18. The molecule has 0 fully saturated rings. The summed E-state index contributed by atoms with van der Waals surface area (Å²) in [5.74, 6) is 1.64. The van der Waals surface area contributed by atoms with Gasteiger partial charge in [-0.15, -0.1) is 24.8 Å². The lowest BCUT2D eigenvalue weighted by Gasteiger charge is -1.66. The standard InChI is InChI=1S/C6H8O.2ClH/c1-2-3-4-5-6-7;;/h3-5H,2H2,1H3;2*1H. The third-order valence-corrected chi connectivity index (χ3v) is 0.536. The van der Waals surface area contributed by atoms with Crippen molar-refractivity contribution in [3.05, 3.63) is 18.2 Å². The van der Waals surface area contributed by atoms with Crippen LogP contribution in [0, 0.1) is 0 Å². The first-order valence-corrected chi connectivity index (χ1v) is 2.27. The van der Waals surface area contributed by atoms with Gasteiger partial charge in [0.2, 0.25) is 0 Å². The maximum atomic E-state index is 9.45. The maximum absolute atomic E-state index is 9.45. The molecule has 0 saturated carbocycles. The molecule has 1 nitrogen and oxygen atoms in total. The second-order valence-corrected chi connectivity index (χ2v) is 1.12. The highest BCUT2D eigenvalue weighted by molar-refractivity contribution is 5.85. The zero-order valence-corrected chi connectivity index (χ0v) is 6.80. The quantitative estimate of drug-likeness (QED) is 0.457. The van der Waals surface area contributed by atoms with Gasteiger partial charge in [-0.1, -0.05) is 19.1 Å². The van der Waals surface area contributed by atoms with E-state index in [1.807, 2.05) is 13.0 Å². The van der Waals surface area contributed by atoms with Crippen LogP contribution in [0.4, 0.5) is 0 Å². The van der Waals surface area contributed by atoms with Crippen LogP contribution in [0.2, 0.25) is 0 Å². The van der Waals surface area contributed by atoms with Gasteiger partial charge in [-0.25, -0.2) is 4.79 Å². The van der Waals surface area contributed by atoms with E-state index in [1.54, 1.807) is 12.0 Å². The Morgan fingerprint density at radius 2 is 2.00 bits per heavy atom. The Labute approximate surface area is 67.7 Å². The Morgan fingerprint density at radius 3 is 2.33 bits per heavy atom. The molecule has 0 amide bonds. The fourth-order valence-corrected chi connectivity index (χ4v) is 0.243. The van der Waals surface area contributed by atoms with E-state index in [1.165, 1.54) is 6.08 Å². The molecular formula is C6H10Cl2O. The van der Waals surface area contributed by atoms with E-state index in [0.717, 1.165) is 6.42 Å². The minimum atomic E-state index is 0. The fourth-order valence-electron chi connectivity index (χ4n) is 0.243. The van der Waals surface area contributed by atoms with Gasteiger partial charge in [-0.3, -0.25) is 0 Å². The van der Waals surface area contributed by atoms with E-state index >= 15 is 0 Å². The molecule has 0 aliphatic rings. The van der Waals surface area contributed by atoms with Crippen LogP contribution in [0.1, 0.15) is 13.3 Å². The van der Waals surface area contributed by atoms with E-state index in [-0.39, 0.29) is 24.8 Å². The lowest BCUT2D eigenvalue weighted by Crippen LogP contribution is -1.50. The summed E-state index contributed by atoms with van der Waals surface area (Å²) in [6, 6.07) is 0. The highest BCUT2D eigenvalue weighted by Crippen LogP contribution is 1.76. The SMILES string of the molecule is CCC=CC=C=O.Cl.Cl. The summed E-state index contributed by atoms with van der Waals surface area (Å²) >= 11 is 0. The van der Waals surface area contributed by atoms with E-state index in [0.29, 0.717) is 0 Å². The topological polar surface area (TPSA) is 17.1 Å². The van der Waals surface area contributed by atoms with Gasteiger partial charge in [0.05, 0.1) is 0 Å². The van der Waals surface area contributed by atoms with Crippen LogP contribution < -0.4 is 0 Å². The summed E-state index contributed by atoms with van der Waals surface area (Å²) in [5, 5.41) is 0. The normalized spacial score (nSPS) is 6.78. The Morgan fingerprint density at radius 1 is 1.44 bits per heavy atom. The molecule has 0 heterocycles. The molecule has 0 aliphatic heterocycles. The summed E-state index contributed by atoms with van der Waals surface area (Å²) in [6.07, 6.45) is 5.90. The molecule has 0 radical (unpaired) electrons. The van der Waals surface area contributed by atoms with E-state index in [4.69, 9.17) is 0 Å². The maximum Gasteiger partial charge on any atom is 0.124 e. The average Bonchev–Trinajstić information content (AvgIpc) is 1.69. The summed E-state index contributed by atoms with van der Waals surface area (Å²) in [5.41, 5.74) is 0. The molecule has 0 rings (SSSR count). The van der Waals surface area contributed by atoms with Crippen LogP contribution >= 0.6 is 24.8 Å². The van der Waals surface area contributed by atoms with Gasteiger partial charge in [0.25, 0.3) is 0 Å². The zero-order valence-electron chi connectivity index (χ0n) is 5.16. The van der Waals surface area contributed by atoms with E-state index in [9.17, 15) is 4.79 Å². The second kappa shape index (κ2) is 15.7. The summed E-state index contributed by atoms with van der Waals surface area (Å²) in [4.78, 5) is 9.45. The third kappa shape index (κ3) is 18.2. The van der Waals surface area contributed by atoms with Crippen molar-refractivity contribution in [3.63, 3.8) is 0 Å². The molecule has 0 aromatic carbocycles. The van der Waals surface area contributed by atoms with Gasteiger partial charge in [0, 0.05) is 6.08 Å². The molecule has 3 heteroatoms. The lowest BCUT2D eigenvalue weighted by atomic mass is 10.4. The van der Waals surface area contributed by atoms with Crippen molar-refractivity contribution in [2.75, 3.05) is 0 Å². The minimum absolute atomic E-state index is 0. The van der Waals surface area contributed by atoms with Gasteiger partial charge in [-0.2, -0.15) is 0 Å². The molecule has 0 aliphatic carbocycles. The van der Waals surface area contributed by atoms with Crippen molar-refractivity contribution >= 4 is 30.8 Å². The lowest BCUT2D eigenvalue weighted by molar-refractivity contribution is 0.569. The fraction of sp³-hybridized carbons (Fsp3) is 0.333. The Kier molecular flexibility index (Phi) is 27.7. The zero-order chi connectivity index (χ0) is 5.54. The number of allylic oxidation sites excluding steroid dienone is 3. The molecule has 0 spiro atoms. The van der Waals surface area contributed by atoms with Gasteiger partial charge in [-0.05, 0) is 6.42 Å². The van der Waals surface area contributed by atoms with Gasteiger partial charge in [0.1, 0.15) is 5.94 Å². The van der Waals surface area contributed by atoms with Gasteiger partial charge < -0.3 is 0 Å². The largest absolute Gasteiger partial charge is 0.234 e.